The summed E-state index contributed by atoms with van der Waals surface area (Å²) >= 11 is 0. The monoisotopic (exact) mass is 482 g/mol. The SMILES string of the molecule is CC.CC(/C=C(\N)NC1CCCN(CC23CC(O)(C2)C3)C1)=C(/N)c1ccc(C(F)(F)F)cc1O. The van der Waals surface area contributed by atoms with Crippen LogP contribution in [0.15, 0.2) is 35.7 Å². The maximum atomic E-state index is 12.8. The smallest absolute Gasteiger partial charge is 0.416 e. The van der Waals surface area contributed by atoms with E-state index in [2.05, 4.69) is 10.2 Å². The van der Waals surface area contributed by atoms with Gasteiger partial charge in [0.15, 0.2) is 0 Å². The summed E-state index contributed by atoms with van der Waals surface area (Å²) in [7, 11) is 0. The normalized spacial score (nSPS) is 29.7. The number of phenols is 1. The minimum absolute atomic E-state index is 0.128. The zero-order chi connectivity index (χ0) is 25.3. The van der Waals surface area contributed by atoms with E-state index in [9.17, 15) is 23.4 Å². The average molecular weight is 483 g/mol. The molecule has 0 aromatic heterocycles. The zero-order valence-electron chi connectivity index (χ0n) is 20.2. The summed E-state index contributed by atoms with van der Waals surface area (Å²) in [5.41, 5.74) is 12.1. The second-order valence-corrected chi connectivity index (χ2v) is 9.90. The lowest BCUT2D eigenvalue weighted by Gasteiger charge is -2.69. The fourth-order valence-electron chi connectivity index (χ4n) is 5.63. The molecule has 4 fully saturated rings. The van der Waals surface area contributed by atoms with Crippen molar-refractivity contribution in [3.05, 3.63) is 46.8 Å². The van der Waals surface area contributed by atoms with Gasteiger partial charge in [0.2, 0.25) is 0 Å². The number of allylic oxidation sites excluding steroid dienone is 2. The Morgan fingerprint density at radius 2 is 1.88 bits per heavy atom. The number of rotatable bonds is 6. The number of aromatic hydroxyl groups is 1. The molecule has 1 heterocycles. The maximum absolute atomic E-state index is 12.8. The molecule has 1 aromatic rings. The number of nitrogens with zero attached hydrogens (tertiary/aromatic N) is 1. The van der Waals surface area contributed by atoms with Crippen molar-refractivity contribution in [1.82, 2.24) is 10.2 Å². The van der Waals surface area contributed by atoms with Crippen molar-refractivity contribution in [2.45, 2.75) is 70.7 Å². The van der Waals surface area contributed by atoms with E-state index in [0.29, 0.717) is 22.9 Å². The number of piperidine rings is 1. The van der Waals surface area contributed by atoms with Gasteiger partial charge in [-0.05, 0) is 80.8 Å². The van der Waals surface area contributed by atoms with Gasteiger partial charge in [0.1, 0.15) is 5.75 Å². The lowest BCUT2D eigenvalue weighted by molar-refractivity contribution is -0.265. The third kappa shape index (κ3) is 5.63. The molecular weight excluding hydrogens is 445 g/mol. The van der Waals surface area contributed by atoms with E-state index in [0.717, 1.165) is 63.9 Å². The van der Waals surface area contributed by atoms with E-state index in [4.69, 9.17) is 11.5 Å². The molecule has 1 atom stereocenters. The number of benzene rings is 1. The summed E-state index contributed by atoms with van der Waals surface area (Å²) in [4.78, 5) is 2.44. The third-order valence-electron chi connectivity index (χ3n) is 6.96. The summed E-state index contributed by atoms with van der Waals surface area (Å²) in [5, 5.41) is 23.3. The minimum Gasteiger partial charge on any atom is -0.507 e. The van der Waals surface area contributed by atoms with E-state index in [1.165, 1.54) is 0 Å². The van der Waals surface area contributed by atoms with Crippen molar-refractivity contribution in [3.63, 3.8) is 0 Å². The molecule has 0 spiro atoms. The molecule has 9 heteroatoms. The zero-order valence-corrected chi connectivity index (χ0v) is 20.2. The quantitative estimate of drug-likeness (QED) is 0.394. The third-order valence-corrected chi connectivity index (χ3v) is 6.96. The van der Waals surface area contributed by atoms with E-state index < -0.39 is 17.5 Å². The minimum atomic E-state index is -4.54. The molecule has 3 aliphatic carbocycles. The Morgan fingerprint density at radius 3 is 2.44 bits per heavy atom. The maximum Gasteiger partial charge on any atom is 0.416 e. The number of nitrogens with two attached hydrogens (primary N) is 2. The molecule has 7 N–H and O–H groups in total. The van der Waals surface area contributed by atoms with Crippen molar-refractivity contribution < 1.29 is 23.4 Å². The van der Waals surface area contributed by atoms with E-state index in [1.54, 1.807) is 13.0 Å². The summed E-state index contributed by atoms with van der Waals surface area (Å²) in [5.74, 6) is -0.110. The van der Waals surface area contributed by atoms with Crippen LogP contribution >= 0.6 is 0 Å². The van der Waals surface area contributed by atoms with Gasteiger partial charge in [-0.25, -0.2) is 0 Å². The molecule has 4 aliphatic rings. The second-order valence-electron chi connectivity index (χ2n) is 9.90. The fourth-order valence-corrected chi connectivity index (χ4v) is 5.63. The van der Waals surface area contributed by atoms with Crippen LogP contribution in [0.2, 0.25) is 0 Å². The molecule has 3 saturated carbocycles. The molecule has 34 heavy (non-hydrogen) atoms. The van der Waals surface area contributed by atoms with Crippen LogP contribution in [-0.4, -0.2) is 46.4 Å². The Bertz CT molecular complexity index is 938. The number of nitrogens with one attached hydrogen (secondary N) is 1. The number of aliphatic hydroxyl groups is 1. The van der Waals surface area contributed by atoms with Gasteiger partial charge in [-0.2, -0.15) is 13.2 Å². The standard InChI is InChI=1S/C23H31F3N4O2.C2H6/c1-14(20(28)17-5-4-15(8-18(17)31)23(24,25)26)7-19(27)29-16-3-2-6-30(9-16)13-21-10-22(32,11-21)12-21;1-2/h4-5,7-8,16,29,31-32H,2-3,6,9-13,27-28H2,1H3;1-2H3/b19-7+,20-14-;. The van der Waals surface area contributed by atoms with Crippen molar-refractivity contribution >= 4 is 5.70 Å². The highest BCUT2D eigenvalue weighted by Crippen LogP contribution is 2.67. The molecule has 1 aliphatic heterocycles. The Morgan fingerprint density at radius 1 is 1.24 bits per heavy atom. The Labute approximate surface area is 199 Å². The van der Waals surface area contributed by atoms with Crippen LogP contribution in [0.3, 0.4) is 0 Å². The van der Waals surface area contributed by atoms with Crippen LogP contribution in [0, 0.1) is 5.41 Å². The Hall–Kier alpha value is -2.39. The number of hydrogen-bond acceptors (Lipinski definition) is 6. The first-order valence-corrected chi connectivity index (χ1v) is 11.9. The number of likely N-dealkylation sites (tertiary alicyclic amines) is 1. The number of alkyl halides is 3. The first kappa shape index (κ1) is 26.2. The molecule has 0 amide bonds. The van der Waals surface area contributed by atoms with Gasteiger partial charge in [0.05, 0.1) is 17.0 Å². The molecule has 0 radical (unpaired) electrons. The highest BCUT2D eigenvalue weighted by molar-refractivity contribution is 5.72. The van der Waals surface area contributed by atoms with Gasteiger partial charge in [-0.3, -0.25) is 0 Å². The van der Waals surface area contributed by atoms with Gasteiger partial charge in [0.25, 0.3) is 0 Å². The van der Waals surface area contributed by atoms with Crippen LogP contribution in [0.1, 0.15) is 64.0 Å². The molecule has 1 unspecified atom stereocenters. The topological polar surface area (TPSA) is 108 Å². The van der Waals surface area contributed by atoms with E-state index in [-0.39, 0.29) is 22.9 Å². The Kier molecular flexibility index (Phi) is 7.48. The lowest BCUT2D eigenvalue weighted by Crippen LogP contribution is -2.70. The summed E-state index contributed by atoms with van der Waals surface area (Å²) in [6.45, 7) is 8.62. The highest BCUT2D eigenvalue weighted by Gasteiger charge is 2.67. The van der Waals surface area contributed by atoms with Crippen molar-refractivity contribution in [1.29, 1.82) is 0 Å². The van der Waals surface area contributed by atoms with E-state index >= 15 is 0 Å². The fraction of sp³-hybridized carbons (Fsp3) is 0.600. The Balaban J connectivity index is 0.00000158. The summed E-state index contributed by atoms with van der Waals surface area (Å²) < 4.78 is 38.4. The molecule has 5 rings (SSSR count). The van der Waals surface area contributed by atoms with Crippen LogP contribution in [0.25, 0.3) is 5.70 Å². The summed E-state index contributed by atoms with van der Waals surface area (Å²) in [6.07, 6.45) is 1.89. The average Bonchev–Trinajstić information content (AvgIpc) is 2.72. The molecule has 1 saturated heterocycles. The predicted octanol–water partition coefficient (Wildman–Crippen LogP) is 3.90. The molecule has 1 aromatic carbocycles. The van der Waals surface area contributed by atoms with Gasteiger partial charge >= 0.3 is 6.18 Å². The largest absolute Gasteiger partial charge is 0.507 e. The van der Waals surface area contributed by atoms with Gasteiger partial charge in [-0.1, -0.05) is 13.8 Å². The van der Waals surface area contributed by atoms with Crippen molar-refractivity contribution in [2.75, 3.05) is 19.6 Å². The van der Waals surface area contributed by atoms with Crippen molar-refractivity contribution in [3.8, 4) is 5.75 Å². The number of halogens is 3. The second kappa shape index (κ2) is 9.70. The summed E-state index contributed by atoms with van der Waals surface area (Å²) in [6, 6.07) is 2.90. The van der Waals surface area contributed by atoms with Crippen LogP contribution < -0.4 is 16.8 Å². The van der Waals surface area contributed by atoms with Gasteiger partial charge in [-0.15, -0.1) is 0 Å². The van der Waals surface area contributed by atoms with Gasteiger partial charge < -0.3 is 31.9 Å². The predicted molar refractivity (Wildman–Crippen MR) is 127 cm³/mol. The lowest BCUT2D eigenvalue weighted by atomic mass is 9.41. The van der Waals surface area contributed by atoms with Crippen molar-refractivity contribution in [2.24, 2.45) is 16.9 Å². The molecule has 2 bridgehead atoms. The first-order chi connectivity index (χ1) is 15.9. The number of hydrogen-bond donors (Lipinski definition) is 5. The molecular formula is C25H37F3N4O2. The molecule has 190 valence electrons. The van der Waals surface area contributed by atoms with Crippen LogP contribution in [-0.2, 0) is 6.18 Å². The van der Waals surface area contributed by atoms with Gasteiger partial charge in [0, 0.05) is 30.4 Å². The van der Waals surface area contributed by atoms with Crippen LogP contribution in [0.5, 0.6) is 5.75 Å². The molecule has 6 nitrogen and oxygen atoms in total. The highest BCUT2D eigenvalue weighted by atomic mass is 19.4. The van der Waals surface area contributed by atoms with E-state index in [1.807, 2.05) is 13.8 Å². The van der Waals surface area contributed by atoms with Crippen LogP contribution in [0.4, 0.5) is 13.2 Å². The number of phenolic OH excluding ortho intramolecular Hbond substituents is 1. The first-order valence-electron chi connectivity index (χ1n) is 11.9.